The van der Waals surface area contributed by atoms with E-state index >= 15 is 0 Å². The smallest absolute Gasteiger partial charge is 0.350 e. The number of esters is 1. The van der Waals surface area contributed by atoms with Gasteiger partial charge in [0.2, 0.25) is 0 Å². The molecule has 0 saturated heterocycles. The number of hydrogen-bond donors (Lipinski definition) is 1. The fraction of sp³-hybridized carbons (Fsp3) is 0.136. The summed E-state index contributed by atoms with van der Waals surface area (Å²) < 4.78 is 16.3. The molecule has 164 valence electrons. The van der Waals surface area contributed by atoms with E-state index in [0.717, 1.165) is 27.1 Å². The Labute approximate surface area is 196 Å². The molecule has 0 atom stereocenters. The average Bonchev–Trinajstić information content (AvgIpc) is 3.41. The molecule has 4 rings (SSSR count). The molecule has 0 aliphatic heterocycles. The minimum Gasteiger partial charge on any atom is -0.497 e. The van der Waals surface area contributed by atoms with Gasteiger partial charge in [0.1, 0.15) is 16.4 Å². The number of hydrogen-bond acceptors (Lipinski definition) is 8. The predicted molar refractivity (Wildman–Crippen MR) is 126 cm³/mol. The number of ether oxygens (including phenoxy) is 3. The van der Waals surface area contributed by atoms with Crippen molar-refractivity contribution >= 4 is 61.4 Å². The monoisotopic (exact) mass is 488 g/mol. The van der Waals surface area contributed by atoms with Gasteiger partial charge in [-0.25, -0.2) is 9.78 Å². The fourth-order valence-electron chi connectivity index (χ4n) is 2.88. The highest BCUT2D eigenvalue weighted by Gasteiger charge is 2.20. The van der Waals surface area contributed by atoms with E-state index in [2.05, 4.69) is 10.3 Å². The van der Waals surface area contributed by atoms with Crippen LogP contribution in [0.5, 0.6) is 11.5 Å². The highest BCUT2D eigenvalue weighted by Crippen LogP contribution is 2.37. The van der Waals surface area contributed by atoms with Crippen LogP contribution in [0.4, 0.5) is 5.13 Å². The lowest BCUT2D eigenvalue weighted by Crippen LogP contribution is -2.20. The summed E-state index contributed by atoms with van der Waals surface area (Å²) in [7, 11) is 3.16. The van der Waals surface area contributed by atoms with Gasteiger partial charge in [-0.05, 0) is 42.5 Å². The van der Waals surface area contributed by atoms with Crippen LogP contribution in [0.2, 0.25) is 5.02 Å². The number of amides is 1. The summed E-state index contributed by atoms with van der Waals surface area (Å²) in [5, 5.41) is 5.89. The molecule has 32 heavy (non-hydrogen) atoms. The normalized spacial score (nSPS) is 10.7. The van der Waals surface area contributed by atoms with Gasteiger partial charge in [-0.1, -0.05) is 11.6 Å². The number of fused-ring (bicyclic) bond motifs is 1. The summed E-state index contributed by atoms with van der Waals surface area (Å²) in [5.41, 5.74) is 1.61. The summed E-state index contributed by atoms with van der Waals surface area (Å²) in [6.45, 7) is -0.454. The Morgan fingerprint density at radius 3 is 2.50 bits per heavy atom. The van der Waals surface area contributed by atoms with E-state index in [1.54, 1.807) is 32.4 Å². The first kappa shape index (κ1) is 22.1. The Hall–Kier alpha value is -3.14. The van der Waals surface area contributed by atoms with Gasteiger partial charge >= 0.3 is 5.97 Å². The van der Waals surface area contributed by atoms with E-state index in [1.807, 2.05) is 29.6 Å². The van der Waals surface area contributed by atoms with Crippen LogP contribution < -0.4 is 14.8 Å². The molecule has 2 heterocycles. The summed E-state index contributed by atoms with van der Waals surface area (Å²) >= 11 is 8.78. The molecular formula is C22H17ClN2O5S2. The summed E-state index contributed by atoms with van der Waals surface area (Å²) in [4.78, 5) is 29.3. The maximum absolute atomic E-state index is 12.5. The number of rotatable bonds is 7. The van der Waals surface area contributed by atoms with Crippen LogP contribution in [0.25, 0.3) is 21.3 Å². The summed E-state index contributed by atoms with van der Waals surface area (Å²) in [6, 6.07) is 12.8. The van der Waals surface area contributed by atoms with E-state index in [-0.39, 0.29) is 4.88 Å². The average molecular weight is 489 g/mol. The second-order valence-corrected chi connectivity index (χ2v) is 8.79. The second-order valence-electron chi connectivity index (χ2n) is 6.50. The van der Waals surface area contributed by atoms with E-state index in [1.165, 1.54) is 22.7 Å². The minimum atomic E-state index is -0.664. The molecule has 2 aromatic heterocycles. The number of carbonyl (C=O) groups is 2. The Morgan fingerprint density at radius 2 is 1.78 bits per heavy atom. The van der Waals surface area contributed by atoms with Crippen molar-refractivity contribution in [1.29, 1.82) is 0 Å². The molecule has 0 saturated carbocycles. The van der Waals surface area contributed by atoms with Crippen molar-refractivity contribution in [2.45, 2.75) is 0 Å². The van der Waals surface area contributed by atoms with Crippen molar-refractivity contribution in [2.75, 3.05) is 26.1 Å². The number of thiophene rings is 1. The van der Waals surface area contributed by atoms with Crippen molar-refractivity contribution in [3.05, 3.63) is 57.7 Å². The van der Waals surface area contributed by atoms with Crippen molar-refractivity contribution in [1.82, 2.24) is 4.98 Å². The van der Waals surface area contributed by atoms with Crippen molar-refractivity contribution < 1.29 is 23.8 Å². The molecule has 7 nitrogen and oxygen atoms in total. The number of benzene rings is 2. The molecule has 10 heteroatoms. The van der Waals surface area contributed by atoms with Gasteiger partial charge in [0.05, 0.1) is 24.9 Å². The van der Waals surface area contributed by atoms with E-state index in [4.69, 9.17) is 25.8 Å². The zero-order valence-corrected chi connectivity index (χ0v) is 19.4. The molecule has 0 unspecified atom stereocenters. The number of thiazole rings is 1. The van der Waals surface area contributed by atoms with Gasteiger partial charge < -0.3 is 14.2 Å². The van der Waals surface area contributed by atoms with Crippen LogP contribution in [0.15, 0.2) is 47.8 Å². The first-order valence-electron chi connectivity index (χ1n) is 9.31. The number of methoxy groups -OCH3 is 2. The van der Waals surface area contributed by atoms with Gasteiger partial charge in [-0.3, -0.25) is 10.1 Å². The molecule has 4 aromatic rings. The number of carbonyl (C=O) groups excluding carboxylic acids is 2. The third-order valence-corrected chi connectivity index (χ3v) is 6.89. The Balaban J connectivity index is 1.37. The SMILES string of the molecule is COc1ccc(-c2csc(NC(=O)COC(=O)c3sc4cc(OC)ccc4c3Cl)n2)cc1. The van der Waals surface area contributed by atoms with Crippen molar-refractivity contribution in [2.24, 2.45) is 0 Å². The van der Waals surface area contributed by atoms with Crippen LogP contribution in [0.1, 0.15) is 9.67 Å². The molecule has 1 amide bonds. The Kier molecular flexibility index (Phi) is 6.59. The number of aromatic nitrogens is 1. The van der Waals surface area contributed by atoms with Crippen molar-refractivity contribution in [3.63, 3.8) is 0 Å². The van der Waals surface area contributed by atoms with Gasteiger partial charge in [0.15, 0.2) is 11.7 Å². The lowest BCUT2D eigenvalue weighted by Gasteiger charge is -2.04. The maximum atomic E-state index is 12.5. The summed E-state index contributed by atoms with van der Waals surface area (Å²) in [5.74, 6) is 0.251. The standard InChI is InChI=1S/C22H17ClN2O5S2/c1-28-13-5-3-12(4-6-13)16-11-31-22(24-16)25-18(26)10-30-21(27)20-19(23)15-8-7-14(29-2)9-17(15)32-20/h3-9,11H,10H2,1-2H3,(H,24,25,26). The summed E-state index contributed by atoms with van der Waals surface area (Å²) in [6.07, 6.45) is 0. The highest BCUT2D eigenvalue weighted by molar-refractivity contribution is 7.21. The fourth-order valence-corrected chi connectivity index (χ4v) is 5.05. The molecule has 1 N–H and O–H groups in total. The Bertz CT molecular complexity index is 1280. The number of halogens is 1. The second kappa shape index (κ2) is 9.56. The first-order valence-corrected chi connectivity index (χ1v) is 11.4. The Morgan fingerprint density at radius 1 is 1.06 bits per heavy atom. The third kappa shape index (κ3) is 4.69. The zero-order chi connectivity index (χ0) is 22.7. The van der Waals surface area contributed by atoms with Crippen LogP contribution in [-0.4, -0.2) is 37.7 Å². The van der Waals surface area contributed by atoms with Gasteiger partial charge in [-0.2, -0.15) is 0 Å². The van der Waals surface area contributed by atoms with Crippen LogP contribution in [0.3, 0.4) is 0 Å². The van der Waals surface area contributed by atoms with E-state index < -0.39 is 18.5 Å². The van der Waals surface area contributed by atoms with E-state index in [9.17, 15) is 9.59 Å². The van der Waals surface area contributed by atoms with Crippen LogP contribution in [-0.2, 0) is 9.53 Å². The van der Waals surface area contributed by atoms with E-state index in [0.29, 0.717) is 15.9 Å². The number of anilines is 1. The number of nitrogens with zero attached hydrogens (tertiary/aromatic N) is 1. The van der Waals surface area contributed by atoms with Crippen LogP contribution >= 0.6 is 34.3 Å². The molecule has 0 bridgehead atoms. The minimum absolute atomic E-state index is 0.235. The lowest BCUT2D eigenvalue weighted by atomic mass is 10.2. The van der Waals surface area contributed by atoms with Gasteiger partial charge in [0, 0.05) is 21.0 Å². The molecule has 2 aromatic carbocycles. The van der Waals surface area contributed by atoms with Gasteiger partial charge in [-0.15, -0.1) is 22.7 Å². The zero-order valence-electron chi connectivity index (χ0n) is 17.0. The molecule has 0 aliphatic rings. The van der Waals surface area contributed by atoms with Crippen LogP contribution in [0, 0.1) is 0 Å². The maximum Gasteiger partial charge on any atom is 0.350 e. The third-order valence-electron chi connectivity index (χ3n) is 4.49. The molecular weight excluding hydrogens is 472 g/mol. The molecule has 0 aliphatic carbocycles. The lowest BCUT2D eigenvalue weighted by molar-refractivity contribution is -0.119. The van der Waals surface area contributed by atoms with Gasteiger partial charge in [0.25, 0.3) is 5.91 Å². The molecule has 0 fully saturated rings. The number of nitrogens with one attached hydrogen (secondary N) is 1. The quantitative estimate of drug-likeness (QED) is 0.346. The molecule has 0 radical (unpaired) electrons. The molecule has 0 spiro atoms. The topological polar surface area (TPSA) is 86.8 Å². The first-order chi connectivity index (χ1) is 15.5. The largest absolute Gasteiger partial charge is 0.497 e. The predicted octanol–water partition coefficient (Wildman–Crippen LogP) is 5.49. The highest BCUT2D eigenvalue weighted by atomic mass is 35.5. The van der Waals surface area contributed by atoms with Crippen molar-refractivity contribution in [3.8, 4) is 22.8 Å².